The van der Waals surface area contributed by atoms with Gasteiger partial charge in [0.25, 0.3) is 0 Å². The van der Waals surface area contributed by atoms with Gasteiger partial charge in [0.2, 0.25) is 0 Å². The van der Waals surface area contributed by atoms with E-state index in [1.165, 1.54) is 154 Å². The summed E-state index contributed by atoms with van der Waals surface area (Å²) in [5.41, 5.74) is 2.36. The Morgan fingerprint density at radius 2 is 0.800 bits per heavy atom. The van der Waals surface area contributed by atoms with Crippen molar-refractivity contribution in [1.29, 1.82) is 0 Å². The molecule has 0 saturated heterocycles. The largest absolute Gasteiger partial charge is 0.0654 e. The molecule has 0 bridgehead atoms. The fourth-order valence-corrected chi connectivity index (χ4v) is 6.73. The van der Waals surface area contributed by atoms with Crippen molar-refractivity contribution in [2.45, 2.75) is 383 Å². The number of hydrogen-bond donors (Lipinski definition) is 0. The Bertz CT molecular complexity index is 831. The van der Waals surface area contributed by atoms with Crippen molar-refractivity contribution in [3.63, 3.8) is 0 Å². The minimum absolute atomic E-state index is 0.500. The maximum Gasteiger partial charge on any atom is -0.0354 e. The molecule has 0 aromatic rings. The van der Waals surface area contributed by atoms with Crippen LogP contribution < -0.4 is 0 Å². The van der Waals surface area contributed by atoms with Crippen molar-refractivity contribution in [2.24, 2.45) is 74.9 Å². The molecule has 0 aliphatic heterocycles. The highest BCUT2D eigenvalue weighted by molar-refractivity contribution is 4.74. The van der Waals surface area contributed by atoms with Gasteiger partial charge < -0.3 is 0 Å². The van der Waals surface area contributed by atoms with E-state index in [0.29, 0.717) is 21.7 Å². The van der Waals surface area contributed by atoms with E-state index in [9.17, 15) is 0 Å². The lowest BCUT2D eigenvalue weighted by molar-refractivity contribution is 0.283. The molecular weight excluding hydrogens is 841 g/mol. The van der Waals surface area contributed by atoms with E-state index < -0.39 is 0 Å². The normalized spacial score (nSPS) is 15.1. The SMILES string of the molecule is CC(C)C(C)(C)C.CC(C)CC(C)C.CC1(C)CCCC1.CC1CCCCC1.CCC(C)(C)CC.CCC(C)(C)CC.CCC(CC)CC.CCCCC(C)C.CCC[C@H](C)CC.CC[C@H](C)C(C)C. The molecule has 0 spiro atoms. The molecule has 2 rings (SSSR count). The van der Waals surface area contributed by atoms with Crippen LogP contribution in [-0.2, 0) is 0 Å². The second-order valence-corrected chi connectivity index (χ2v) is 28.0. The molecule has 0 heteroatoms. The summed E-state index contributed by atoms with van der Waals surface area (Å²) in [6.07, 6.45) is 33.4. The Kier molecular flexibility index (Phi) is 70.3. The summed E-state index contributed by atoms with van der Waals surface area (Å²) >= 11 is 0. The van der Waals surface area contributed by atoms with Gasteiger partial charge in [-0.25, -0.2) is 0 Å². The summed E-state index contributed by atoms with van der Waals surface area (Å²) < 4.78 is 0. The number of hydrogen-bond acceptors (Lipinski definition) is 0. The first-order valence-corrected chi connectivity index (χ1v) is 32.0. The van der Waals surface area contributed by atoms with E-state index in [2.05, 4.69) is 228 Å². The topological polar surface area (TPSA) is 0 Å². The summed E-state index contributed by atoms with van der Waals surface area (Å²) in [5.74, 6) is 8.19. The van der Waals surface area contributed by atoms with Crippen LogP contribution in [0.2, 0.25) is 0 Å². The van der Waals surface area contributed by atoms with Crippen LogP contribution in [0.5, 0.6) is 0 Å². The van der Waals surface area contributed by atoms with Gasteiger partial charge >= 0.3 is 0 Å². The van der Waals surface area contributed by atoms with Crippen LogP contribution in [0.3, 0.4) is 0 Å². The molecule has 0 unspecified atom stereocenters. The maximum absolute atomic E-state index is 2.36. The maximum atomic E-state index is 2.36. The minimum Gasteiger partial charge on any atom is -0.0654 e. The van der Waals surface area contributed by atoms with Gasteiger partial charge in [-0.3, -0.25) is 0 Å². The Morgan fingerprint density at radius 1 is 0.443 bits per heavy atom. The van der Waals surface area contributed by atoms with Crippen molar-refractivity contribution in [3.8, 4) is 0 Å². The summed E-state index contributed by atoms with van der Waals surface area (Å²) in [5, 5.41) is 0. The molecule has 2 aliphatic carbocycles. The molecule has 2 atom stereocenters. The van der Waals surface area contributed by atoms with E-state index in [1.807, 2.05) is 0 Å². The third kappa shape index (κ3) is 84.8. The number of unbranched alkanes of at least 4 members (excludes halogenated alkanes) is 1. The van der Waals surface area contributed by atoms with Gasteiger partial charge in [-0.2, -0.15) is 0 Å². The second kappa shape index (κ2) is 56.7. The zero-order valence-corrected chi connectivity index (χ0v) is 57.2. The lowest BCUT2D eigenvalue weighted by atomic mass is 9.84. The van der Waals surface area contributed by atoms with Crippen molar-refractivity contribution in [1.82, 2.24) is 0 Å². The molecule has 0 aromatic carbocycles. The van der Waals surface area contributed by atoms with Crippen LogP contribution in [0.1, 0.15) is 383 Å². The molecule has 2 aliphatic rings. The van der Waals surface area contributed by atoms with Gasteiger partial charge in [-0.1, -0.05) is 363 Å². The standard InChI is InChI=1S/2C7H14.8C7H16/c1-7(2)5-3-4-6-7;1-7-5-3-2-4-6-7;1-6(2)7(3,4)5;1-6(2)5-7(3)4;2*1-5-7(3,4)6-2;1-5-7(4)6(2)3;1-4-5-6-7(2)3;1-4-6-7(3)5-2;1-4-7(5-2)6-3/h3-6H2,1-2H3;7H,2-6H2,1H3;6H,1-5H3;6-7H,5H2,1-4H3;2*5-6H2,1-4H3;6-7H,5H2,1-4H3;3*7H,4-6H2,1-3H3/t;;;;;;7-;;7-;/m......0.1./s1. The summed E-state index contributed by atoms with van der Waals surface area (Å²) in [6.45, 7) is 75.0. The van der Waals surface area contributed by atoms with Crippen LogP contribution in [0.25, 0.3) is 0 Å². The monoisotopic (exact) mass is 997 g/mol. The van der Waals surface area contributed by atoms with Gasteiger partial charge in [0.05, 0.1) is 0 Å². The molecule has 436 valence electrons. The van der Waals surface area contributed by atoms with Crippen molar-refractivity contribution < 1.29 is 0 Å². The van der Waals surface area contributed by atoms with Crippen molar-refractivity contribution in [3.05, 3.63) is 0 Å². The molecule has 0 nitrogen and oxygen atoms in total. The molecule has 0 amide bonds. The van der Waals surface area contributed by atoms with Crippen LogP contribution in [0, 0.1) is 74.9 Å². The summed E-state index contributed by atoms with van der Waals surface area (Å²) in [7, 11) is 0. The highest BCUT2D eigenvalue weighted by atomic mass is 14.3. The van der Waals surface area contributed by atoms with E-state index in [4.69, 9.17) is 0 Å². The Hall–Kier alpha value is 0. The molecule has 0 heterocycles. The number of rotatable bonds is 17. The fraction of sp³-hybridized carbons (Fsp3) is 1.00. The van der Waals surface area contributed by atoms with Gasteiger partial charge in [0, 0.05) is 0 Å². The van der Waals surface area contributed by atoms with Crippen LogP contribution in [0.4, 0.5) is 0 Å². The minimum atomic E-state index is 0.500. The molecule has 2 fully saturated rings. The Labute approximate surface area is 455 Å². The van der Waals surface area contributed by atoms with E-state index in [0.717, 1.165) is 53.3 Å². The fourth-order valence-electron chi connectivity index (χ4n) is 6.73. The third-order valence-electron chi connectivity index (χ3n) is 16.5. The van der Waals surface area contributed by atoms with Crippen molar-refractivity contribution in [2.75, 3.05) is 0 Å². The molecule has 0 aromatic heterocycles. The van der Waals surface area contributed by atoms with Gasteiger partial charge in [-0.15, -0.1) is 0 Å². The highest BCUT2D eigenvalue weighted by Crippen LogP contribution is 2.36. The molecule has 0 N–H and O–H groups in total. The van der Waals surface area contributed by atoms with Crippen molar-refractivity contribution >= 4 is 0 Å². The first-order chi connectivity index (χ1) is 32.0. The predicted molar refractivity (Wildman–Crippen MR) is 339 cm³/mol. The quantitative estimate of drug-likeness (QED) is 0.136. The molecule has 0 radical (unpaired) electrons. The van der Waals surface area contributed by atoms with Crippen LogP contribution in [0.15, 0.2) is 0 Å². The first-order valence-electron chi connectivity index (χ1n) is 32.0. The highest BCUT2D eigenvalue weighted by Gasteiger charge is 2.22. The third-order valence-corrected chi connectivity index (χ3v) is 16.5. The zero-order valence-electron chi connectivity index (χ0n) is 57.2. The lowest BCUT2D eigenvalue weighted by Crippen LogP contribution is -2.12. The Balaban J connectivity index is -0.000000102. The summed E-state index contributed by atoms with van der Waals surface area (Å²) in [4.78, 5) is 0. The van der Waals surface area contributed by atoms with E-state index in [-0.39, 0.29) is 0 Å². The zero-order chi connectivity index (χ0) is 57.2. The second-order valence-electron chi connectivity index (χ2n) is 28.0. The van der Waals surface area contributed by atoms with Gasteiger partial charge in [0.1, 0.15) is 0 Å². The summed E-state index contributed by atoms with van der Waals surface area (Å²) in [6, 6.07) is 0. The van der Waals surface area contributed by atoms with E-state index >= 15 is 0 Å². The molecule has 70 heavy (non-hydrogen) atoms. The molecule has 2 saturated carbocycles. The Morgan fingerprint density at radius 3 is 0.871 bits per heavy atom. The van der Waals surface area contributed by atoms with Crippen LogP contribution >= 0.6 is 0 Å². The van der Waals surface area contributed by atoms with Gasteiger partial charge in [-0.05, 0) is 94.2 Å². The lowest BCUT2D eigenvalue weighted by Gasteiger charge is -2.22. The average molecular weight is 998 g/mol. The first kappa shape index (κ1) is 86.7. The smallest absolute Gasteiger partial charge is 0.0354 e. The average Bonchev–Trinajstić information content (AvgIpc) is 3.70. The van der Waals surface area contributed by atoms with E-state index in [1.54, 1.807) is 0 Å². The van der Waals surface area contributed by atoms with Gasteiger partial charge in [0.15, 0.2) is 0 Å². The van der Waals surface area contributed by atoms with Crippen LogP contribution in [-0.4, -0.2) is 0 Å². The predicted octanol–water partition coefficient (Wildman–Crippen LogP) is 27.4. The molecular formula is C70H156.